The minimum Gasteiger partial charge on any atom is -0.316 e. The van der Waals surface area contributed by atoms with E-state index in [0.717, 1.165) is 19.4 Å². The predicted molar refractivity (Wildman–Crippen MR) is 73.6 cm³/mol. The Morgan fingerprint density at radius 3 is 2.24 bits per heavy atom. The highest BCUT2D eigenvalue weighted by Crippen LogP contribution is 2.13. The summed E-state index contributed by atoms with van der Waals surface area (Å²) in [6.45, 7) is 9.67. The van der Waals surface area contributed by atoms with Crippen LogP contribution in [0.1, 0.15) is 40.5 Å². The minimum atomic E-state index is -3.11. The largest absolute Gasteiger partial charge is 0.316 e. The first-order valence-electron chi connectivity index (χ1n) is 6.47. The van der Waals surface area contributed by atoms with Crippen molar-refractivity contribution in [2.75, 3.05) is 25.9 Å². The van der Waals surface area contributed by atoms with Gasteiger partial charge in [0.15, 0.2) is 0 Å². The lowest BCUT2D eigenvalue weighted by atomic mass is 10.1. The summed E-state index contributed by atoms with van der Waals surface area (Å²) in [5, 5.41) is 3.12. The molecule has 1 N–H and O–H groups in total. The molecular weight excluding hydrogens is 236 g/mol. The Balaban J connectivity index is 4.19. The Morgan fingerprint density at radius 1 is 1.18 bits per heavy atom. The molecule has 17 heavy (non-hydrogen) atoms. The molecule has 0 saturated carbocycles. The van der Waals surface area contributed by atoms with Gasteiger partial charge in [0.2, 0.25) is 10.0 Å². The molecule has 0 spiro atoms. The Kier molecular flexibility index (Phi) is 8.00. The van der Waals surface area contributed by atoms with Gasteiger partial charge in [-0.2, -0.15) is 0 Å². The maximum Gasteiger partial charge on any atom is 0.215 e. The molecule has 0 saturated heterocycles. The fourth-order valence-corrected chi connectivity index (χ4v) is 3.08. The van der Waals surface area contributed by atoms with Gasteiger partial charge in [0, 0.05) is 19.6 Å². The standard InChI is InChI=1S/C12H28N2O2S/c1-6-7-13-8-9-17(15,16)14(5)12(4)10-11(2)3/h11-13H,6-10H2,1-5H3. The van der Waals surface area contributed by atoms with Crippen molar-refractivity contribution in [3.63, 3.8) is 0 Å². The van der Waals surface area contributed by atoms with Gasteiger partial charge in [-0.25, -0.2) is 12.7 Å². The molecule has 0 bridgehead atoms. The zero-order valence-corrected chi connectivity index (χ0v) is 12.7. The monoisotopic (exact) mass is 264 g/mol. The fraction of sp³-hybridized carbons (Fsp3) is 1.00. The van der Waals surface area contributed by atoms with Gasteiger partial charge in [0.25, 0.3) is 0 Å². The molecule has 104 valence electrons. The van der Waals surface area contributed by atoms with E-state index in [9.17, 15) is 8.42 Å². The Morgan fingerprint density at radius 2 is 1.76 bits per heavy atom. The topological polar surface area (TPSA) is 49.4 Å². The van der Waals surface area contributed by atoms with Crippen LogP contribution in [0.3, 0.4) is 0 Å². The highest BCUT2D eigenvalue weighted by atomic mass is 32.2. The molecule has 0 aromatic carbocycles. The molecule has 1 atom stereocenters. The summed E-state index contributed by atoms with van der Waals surface area (Å²) >= 11 is 0. The van der Waals surface area contributed by atoms with Gasteiger partial charge in [0.1, 0.15) is 0 Å². The fourth-order valence-electron chi connectivity index (χ4n) is 1.75. The van der Waals surface area contributed by atoms with E-state index in [2.05, 4.69) is 26.1 Å². The number of hydrogen-bond acceptors (Lipinski definition) is 3. The molecule has 0 aliphatic rings. The number of sulfonamides is 1. The van der Waals surface area contributed by atoms with E-state index >= 15 is 0 Å². The molecule has 0 aromatic heterocycles. The van der Waals surface area contributed by atoms with Crippen molar-refractivity contribution in [2.24, 2.45) is 5.92 Å². The quantitative estimate of drug-likeness (QED) is 0.645. The zero-order valence-electron chi connectivity index (χ0n) is 11.9. The van der Waals surface area contributed by atoms with Crippen LogP contribution in [0.25, 0.3) is 0 Å². The molecule has 0 radical (unpaired) electrons. The molecule has 1 unspecified atom stereocenters. The van der Waals surface area contributed by atoms with Crippen molar-refractivity contribution in [3.05, 3.63) is 0 Å². The van der Waals surface area contributed by atoms with Crippen molar-refractivity contribution < 1.29 is 8.42 Å². The van der Waals surface area contributed by atoms with Crippen molar-refractivity contribution in [1.29, 1.82) is 0 Å². The van der Waals surface area contributed by atoms with Gasteiger partial charge in [-0.3, -0.25) is 0 Å². The van der Waals surface area contributed by atoms with Crippen molar-refractivity contribution in [2.45, 2.75) is 46.6 Å². The lowest BCUT2D eigenvalue weighted by Gasteiger charge is -2.25. The molecule has 0 aromatic rings. The lowest BCUT2D eigenvalue weighted by Crippen LogP contribution is -2.39. The first-order chi connectivity index (χ1) is 7.81. The van der Waals surface area contributed by atoms with Crippen molar-refractivity contribution in [1.82, 2.24) is 9.62 Å². The normalized spacial score (nSPS) is 14.5. The van der Waals surface area contributed by atoms with Crippen LogP contribution in [-0.4, -0.2) is 44.7 Å². The van der Waals surface area contributed by atoms with Crippen LogP contribution < -0.4 is 5.32 Å². The number of hydrogen-bond donors (Lipinski definition) is 1. The number of nitrogens with one attached hydrogen (secondary N) is 1. The smallest absolute Gasteiger partial charge is 0.215 e. The maximum absolute atomic E-state index is 12.0. The average Bonchev–Trinajstić information content (AvgIpc) is 2.22. The van der Waals surface area contributed by atoms with Crippen LogP contribution in [0.5, 0.6) is 0 Å². The summed E-state index contributed by atoms with van der Waals surface area (Å²) in [5.41, 5.74) is 0. The number of rotatable bonds is 9. The molecule has 4 nitrogen and oxygen atoms in total. The second-order valence-electron chi connectivity index (χ2n) is 5.06. The van der Waals surface area contributed by atoms with Gasteiger partial charge in [-0.15, -0.1) is 0 Å². The van der Waals surface area contributed by atoms with Crippen LogP contribution in [0, 0.1) is 5.92 Å². The molecule has 0 heterocycles. The van der Waals surface area contributed by atoms with Crippen LogP contribution in [0.2, 0.25) is 0 Å². The van der Waals surface area contributed by atoms with Gasteiger partial charge >= 0.3 is 0 Å². The summed E-state index contributed by atoms with van der Waals surface area (Å²) in [6.07, 6.45) is 1.93. The van der Waals surface area contributed by atoms with Crippen molar-refractivity contribution in [3.8, 4) is 0 Å². The molecular formula is C12H28N2O2S. The van der Waals surface area contributed by atoms with Crippen LogP contribution >= 0.6 is 0 Å². The van der Waals surface area contributed by atoms with E-state index in [0.29, 0.717) is 12.5 Å². The third kappa shape index (κ3) is 7.01. The van der Waals surface area contributed by atoms with Crippen molar-refractivity contribution >= 4 is 10.0 Å². The van der Waals surface area contributed by atoms with E-state index in [-0.39, 0.29) is 11.8 Å². The van der Waals surface area contributed by atoms with Crippen LogP contribution in [-0.2, 0) is 10.0 Å². The molecule has 0 aliphatic heterocycles. The molecule has 0 amide bonds. The number of nitrogens with zero attached hydrogens (tertiary/aromatic N) is 1. The average molecular weight is 264 g/mol. The van der Waals surface area contributed by atoms with E-state index in [1.54, 1.807) is 7.05 Å². The maximum atomic E-state index is 12.0. The molecule has 5 heteroatoms. The SMILES string of the molecule is CCCNCCS(=O)(=O)N(C)C(C)CC(C)C. The third-order valence-corrected chi connectivity index (χ3v) is 4.79. The van der Waals surface area contributed by atoms with E-state index < -0.39 is 10.0 Å². The van der Waals surface area contributed by atoms with Gasteiger partial charge < -0.3 is 5.32 Å². The lowest BCUT2D eigenvalue weighted by molar-refractivity contribution is 0.337. The molecule has 0 fully saturated rings. The molecule has 0 aliphatic carbocycles. The van der Waals surface area contributed by atoms with E-state index in [1.807, 2.05) is 6.92 Å². The van der Waals surface area contributed by atoms with Gasteiger partial charge in [-0.05, 0) is 32.2 Å². The highest BCUT2D eigenvalue weighted by molar-refractivity contribution is 7.89. The summed E-state index contributed by atoms with van der Waals surface area (Å²) in [4.78, 5) is 0. The first kappa shape index (κ1) is 16.9. The Labute approximate surface area is 107 Å². The van der Waals surface area contributed by atoms with Gasteiger partial charge in [-0.1, -0.05) is 20.8 Å². The second-order valence-corrected chi connectivity index (χ2v) is 7.21. The summed E-state index contributed by atoms with van der Waals surface area (Å²) < 4.78 is 25.5. The van der Waals surface area contributed by atoms with Gasteiger partial charge in [0.05, 0.1) is 5.75 Å². The summed E-state index contributed by atoms with van der Waals surface area (Å²) in [5.74, 6) is 0.701. The van der Waals surface area contributed by atoms with E-state index in [1.165, 1.54) is 4.31 Å². The van der Waals surface area contributed by atoms with Crippen LogP contribution in [0.15, 0.2) is 0 Å². The minimum absolute atomic E-state index is 0.0752. The Bertz CT molecular complexity index is 289. The Hall–Kier alpha value is -0.130. The van der Waals surface area contributed by atoms with E-state index in [4.69, 9.17) is 0 Å². The summed E-state index contributed by atoms with van der Waals surface area (Å²) in [6, 6.07) is 0.0752. The molecule has 0 rings (SSSR count). The predicted octanol–water partition coefficient (Wildman–Crippen LogP) is 1.68. The third-order valence-electron chi connectivity index (χ3n) is 2.84. The highest BCUT2D eigenvalue weighted by Gasteiger charge is 2.23. The summed E-state index contributed by atoms with van der Waals surface area (Å²) in [7, 11) is -1.43. The zero-order chi connectivity index (χ0) is 13.5. The van der Waals surface area contributed by atoms with Crippen LogP contribution in [0.4, 0.5) is 0 Å². The second kappa shape index (κ2) is 8.06. The first-order valence-corrected chi connectivity index (χ1v) is 8.08.